The molecule has 1 aromatic carbocycles. The number of carbonyl (C=O) groups excluding carboxylic acids is 2. The Labute approximate surface area is 165 Å². The fourth-order valence-corrected chi connectivity index (χ4v) is 3.91. The predicted octanol–water partition coefficient (Wildman–Crippen LogP) is 1.74. The van der Waals surface area contributed by atoms with E-state index in [1.165, 1.54) is 5.56 Å². The highest BCUT2D eigenvalue weighted by molar-refractivity contribution is 6.00. The molecule has 2 aliphatic rings. The first kappa shape index (κ1) is 18.4. The molecular formula is C21H25N5O2. The average Bonchev–Trinajstić information content (AvgIpc) is 3.15. The maximum Gasteiger partial charge on any atom is 0.228 e. The number of hydrogen-bond acceptors (Lipinski definition) is 5. The summed E-state index contributed by atoms with van der Waals surface area (Å²) in [7, 11) is 0. The van der Waals surface area contributed by atoms with E-state index in [1.54, 1.807) is 23.4 Å². The van der Waals surface area contributed by atoms with E-state index < -0.39 is 0 Å². The van der Waals surface area contributed by atoms with Crippen molar-refractivity contribution < 1.29 is 9.59 Å². The van der Waals surface area contributed by atoms with Crippen molar-refractivity contribution in [3.63, 3.8) is 0 Å². The zero-order valence-electron chi connectivity index (χ0n) is 16.1. The topological polar surface area (TPSA) is 69.6 Å². The molecule has 1 atom stereocenters. The first-order chi connectivity index (χ1) is 13.7. The third-order valence-electron chi connectivity index (χ3n) is 5.53. The molecule has 0 aliphatic carbocycles. The van der Waals surface area contributed by atoms with Gasteiger partial charge in [-0.1, -0.05) is 19.1 Å². The van der Waals surface area contributed by atoms with Crippen LogP contribution in [0.4, 0.5) is 11.6 Å². The molecular weight excluding hydrogens is 354 g/mol. The Morgan fingerprint density at radius 2 is 1.86 bits per heavy atom. The molecule has 0 N–H and O–H groups in total. The van der Waals surface area contributed by atoms with Crippen molar-refractivity contribution in [1.29, 1.82) is 0 Å². The SMILES string of the molecule is CCc1cccc(N2C[C@@H](C(=O)N3CCN(c4ncccn4)CC3)CC2=O)c1. The van der Waals surface area contributed by atoms with Crippen LogP contribution in [0.5, 0.6) is 0 Å². The third-order valence-corrected chi connectivity index (χ3v) is 5.53. The van der Waals surface area contributed by atoms with E-state index in [0.717, 1.165) is 12.1 Å². The van der Waals surface area contributed by atoms with Crippen LogP contribution in [0.2, 0.25) is 0 Å². The van der Waals surface area contributed by atoms with Gasteiger partial charge in [0.05, 0.1) is 5.92 Å². The molecule has 1 aromatic heterocycles. The fraction of sp³-hybridized carbons (Fsp3) is 0.429. The van der Waals surface area contributed by atoms with E-state index in [1.807, 2.05) is 23.1 Å². The Balaban J connectivity index is 1.37. The van der Waals surface area contributed by atoms with Crippen molar-refractivity contribution in [2.24, 2.45) is 5.92 Å². The molecule has 4 rings (SSSR count). The van der Waals surface area contributed by atoms with Gasteiger partial charge in [-0.25, -0.2) is 9.97 Å². The molecule has 2 saturated heterocycles. The first-order valence-electron chi connectivity index (χ1n) is 9.85. The van der Waals surface area contributed by atoms with E-state index in [9.17, 15) is 9.59 Å². The molecule has 0 saturated carbocycles. The smallest absolute Gasteiger partial charge is 0.228 e. The van der Waals surface area contributed by atoms with Crippen molar-refractivity contribution in [2.75, 3.05) is 42.5 Å². The zero-order chi connectivity index (χ0) is 19.5. The summed E-state index contributed by atoms with van der Waals surface area (Å²) in [5.41, 5.74) is 2.09. The summed E-state index contributed by atoms with van der Waals surface area (Å²) in [5.74, 6) is 0.545. The van der Waals surface area contributed by atoms with Gasteiger partial charge in [-0.15, -0.1) is 0 Å². The summed E-state index contributed by atoms with van der Waals surface area (Å²) < 4.78 is 0. The van der Waals surface area contributed by atoms with Gasteiger partial charge in [0.15, 0.2) is 0 Å². The van der Waals surface area contributed by atoms with Crippen LogP contribution < -0.4 is 9.80 Å². The number of amides is 2. The molecule has 7 nitrogen and oxygen atoms in total. The molecule has 146 valence electrons. The molecule has 0 bridgehead atoms. The maximum atomic E-state index is 13.0. The number of benzene rings is 1. The molecule has 2 amide bonds. The molecule has 0 spiro atoms. The average molecular weight is 379 g/mol. The van der Waals surface area contributed by atoms with Gasteiger partial charge in [-0.3, -0.25) is 9.59 Å². The van der Waals surface area contributed by atoms with E-state index in [2.05, 4.69) is 27.9 Å². The van der Waals surface area contributed by atoms with Crippen LogP contribution in [-0.2, 0) is 16.0 Å². The van der Waals surface area contributed by atoms with Crippen LogP contribution in [0.3, 0.4) is 0 Å². The quantitative estimate of drug-likeness (QED) is 0.809. The summed E-state index contributed by atoms with van der Waals surface area (Å²) in [6.07, 6.45) is 4.67. The van der Waals surface area contributed by atoms with E-state index in [0.29, 0.717) is 38.7 Å². The van der Waals surface area contributed by atoms with Gasteiger partial charge in [0, 0.05) is 57.2 Å². The number of anilines is 2. The van der Waals surface area contributed by atoms with Crippen molar-refractivity contribution in [3.05, 3.63) is 48.3 Å². The molecule has 3 heterocycles. The standard InChI is InChI=1S/C21H25N5O2/c1-2-16-5-3-6-18(13-16)26-15-17(14-19(26)27)20(28)24-9-11-25(12-10-24)21-22-7-4-8-23-21/h3-8,13,17H,2,9-12,14-15H2,1H3/t17-/m0/s1. The van der Waals surface area contributed by atoms with Gasteiger partial charge >= 0.3 is 0 Å². The van der Waals surface area contributed by atoms with Crippen LogP contribution in [0.25, 0.3) is 0 Å². The minimum atomic E-state index is -0.266. The lowest BCUT2D eigenvalue weighted by atomic mass is 10.1. The number of nitrogens with zero attached hydrogens (tertiary/aromatic N) is 5. The molecule has 2 aromatic rings. The summed E-state index contributed by atoms with van der Waals surface area (Å²) >= 11 is 0. The van der Waals surface area contributed by atoms with Crippen molar-refractivity contribution in [2.45, 2.75) is 19.8 Å². The Morgan fingerprint density at radius 1 is 1.11 bits per heavy atom. The Hall–Kier alpha value is -2.96. The second-order valence-corrected chi connectivity index (χ2v) is 7.29. The number of carbonyl (C=O) groups is 2. The van der Waals surface area contributed by atoms with Crippen LogP contribution in [-0.4, -0.2) is 59.4 Å². The second kappa shape index (κ2) is 7.96. The van der Waals surface area contributed by atoms with E-state index >= 15 is 0 Å². The largest absolute Gasteiger partial charge is 0.339 e. The highest BCUT2D eigenvalue weighted by atomic mass is 16.2. The number of aryl methyl sites for hydroxylation is 1. The fourth-order valence-electron chi connectivity index (χ4n) is 3.91. The molecule has 0 radical (unpaired) electrons. The number of piperazine rings is 1. The molecule has 7 heteroatoms. The molecule has 2 fully saturated rings. The zero-order valence-corrected chi connectivity index (χ0v) is 16.1. The summed E-state index contributed by atoms with van der Waals surface area (Å²) in [4.78, 5) is 39.8. The van der Waals surface area contributed by atoms with Crippen LogP contribution in [0.15, 0.2) is 42.7 Å². The van der Waals surface area contributed by atoms with Crippen LogP contribution in [0, 0.1) is 5.92 Å². The summed E-state index contributed by atoms with van der Waals surface area (Å²) in [6, 6.07) is 9.82. The van der Waals surface area contributed by atoms with Crippen LogP contribution in [0.1, 0.15) is 18.9 Å². The monoisotopic (exact) mass is 379 g/mol. The molecule has 0 unspecified atom stereocenters. The molecule has 28 heavy (non-hydrogen) atoms. The molecule has 2 aliphatic heterocycles. The lowest BCUT2D eigenvalue weighted by molar-refractivity contribution is -0.136. The van der Waals surface area contributed by atoms with Gasteiger partial charge in [0.1, 0.15) is 0 Å². The normalized spacial score (nSPS) is 20.0. The Kier molecular flexibility index (Phi) is 5.23. The Bertz CT molecular complexity index is 849. The van der Waals surface area contributed by atoms with Gasteiger partial charge in [-0.2, -0.15) is 0 Å². The highest BCUT2D eigenvalue weighted by Gasteiger charge is 2.38. The second-order valence-electron chi connectivity index (χ2n) is 7.29. The summed E-state index contributed by atoms with van der Waals surface area (Å²) in [5, 5.41) is 0. The van der Waals surface area contributed by atoms with Gasteiger partial charge in [0.25, 0.3) is 0 Å². The van der Waals surface area contributed by atoms with Gasteiger partial charge in [0.2, 0.25) is 17.8 Å². The lowest BCUT2D eigenvalue weighted by Crippen LogP contribution is -2.51. The first-order valence-corrected chi connectivity index (χ1v) is 9.85. The third kappa shape index (κ3) is 3.69. The number of aromatic nitrogens is 2. The van der Waals surface area contributed by atoms with E-state index in [4.69, 9.17) is 0 Å². The summed E-state index contributed by atoms with van der Waals surface area (Å²) in [6.45, 7) is 5.24. The van der Waals surface area contributed by atoms with Gasteiger partial charge in [-0.05, 0) is 30.2 Å². The van der Waals surface area contributed by atoms with E-state index in [-0.39, 0.29) is 24.2 Å². The van der Waals surface area contributed by atoms with Gasteiger partial charge < -0.3 is 14.7 Å². The van der Waals surface area contributed by atoms with Crippen molar-refractivity contribution in [1.82, 2.24) is 14.9 Å². The predicted molar refractivity (Wildman–Crippen MR) is 107 cm³/mol. The minimum absolute atomic E-state index is 0.0305. The minimum Gasteiger partial charge on any atom is -0.339 e. The van der Waals surface area contributed by atoms with Crippen molar-refractivity contribution in [3.8, 4) is 0 Å². The maximum absolute atomic E-state index is 13.0. The Morgan fingerprint density at radius 3 is 2.57 bits per heavy atom. The lowest BCUT2D eigenvalue weighted by Gasteiger charge is -2.35. The number of hydrogen-bond donors (Lipinski definition) is 0. The number of rotatable bonds is 4. The van der Waals surface area contributed by atoms with Crippen LogP contribution >= 0.6 is 0 Å². The highest BCUT2D eigenvalue weighted by Crippen LogP contribution is 2.27. The van der Waals surface area contributed by atoms with Crippen molar-refractivity contribution >= 4 is 23.5 Å².